The highest BCUT2D eigenvalue weighted by molar-refractivity contribution is 7.99. The van der Waals surface area contributed by atoms with Crippen LogP contribution < -0.4 is 10.5 Å². The van der Waals surface area contributed by atoms with Crippen molar-refractivity contribution in [2.75, 3.05) is 24.7 Å². The molecule has 0 amide bonds. The Labute approximate surface area is 103 Å². The van der Waals surface area contributed by atoms with Gasteiger partial charge in [-0.3, -0.25) is 0 Å². The van der Waals surface area contributed by atoms with Gasteiger partial charge in [0.2, 0.25) is 0 Å². The van der Waals surface area contributed by atoms with E-state index in [0.29, 0.717) is 0 Å². The number of aryl methyl sites for hydroxylation is 2. The van der Waals surface area contributed by atoms with E-state index >= 15 is 0 Å². The second-order valence-corrected chi connectivity index (χ2v) is 5.15. The van der Waals surface area contributed by atoms with Gasteiger partial charge in [-0.25, -0.2) is 0 Å². The first-order chi connectivity index (χ1) is 7.72. The Balaban J connectivity index is 2.21. The van der Waals surface area contributed by atoms with Crippen LogP contribution in [0.3, 0.4) is 0 Å². The number of nitrogens with two attached hydrogens (primary N) is 1. The Hall–Kier alpha value is -0.670. The first kappa shape index (κ1) is 13.4. The van der Waals surface area contributed by atoms with Crippen molar-refractivity contribution in [2.45, 2.75) is 20.3 Å². The second kappa shape index (κ2) is 7.58. The van der Waals surface area contributed by atoms with Crippen molar-refractivity contribution in [1.82, 2.24) is 0 Å². The summed E-state index contributed by atoms with van der Waals surface area (Å²) < 4.78 is 5.70. The van der Waals surface area contributed by atoms with E-state index in [2.05, 4.69) is 32.0 Å². The van der Waals surface area contributed by atoms with E-state index in [1.807, 2.05) is 11.8 Å². The molecule has 0 aliphatic carbocycles. The summed E-state index contributed by atoms with van der Waals surface area (Å²) in [6, 6.07) is 6.32. The molecule has 0 saturated carbocycles. The number of ether oxygens (including phenoxy) is 1. The van der Waals surface area contributed by atoms with E-state index < -0.39 is 0 Å². The van der Waals surface area contributed by atoms with Gasteiger partial charge in [-0.15, -0.1) is 0 Å². The Bertz CT molecular complexity index is 295. The number of hydrogen-bond donors (Lipinski definition) is 1. The van der Waals surface area contributed by atoms with Crippen molar-refractivity contribution >= 4 is 11.8 Å². The smallest absolute Gasteiger partial charge is 0.119 e. The molecule has 0 saturated heterocycles. The normalized spacial score (nSPS) is 10.4. The van der Waals surface area contributed by atoms with Crippen molar-refractivity contribution in [3.05, 3.63) is 29.3 Å². The molecule has 0 bridgehead atoms. The average molecular weight is 239 g/mol. The largest absolute Gasteiger partial charge is 0.493 e. The molecule has 2 nitrogen and oxygen atoms in total. The van der Waals surface area contributed by atoms with Crippen LogP contribution in [0.4, 0.5) is 0 Å². The summed E-state index contributed by atoms with van der Waals surface area (Å²) in [5.74, 6) is 3.15. The third kappa shape index (κ3) is 5.42. The first-order valence-corrected chi connectivity index (χ1v) is 6.87. The van der Waals surface area contributed by atoms with E-state index in [9.17, 15) is 0 Å². The molecule has 0 unspecified atom stereocenters. The molecule has 1 aromatic rings. The van der Waals surface area contributed by atoms with Crippen LogP contribution in [0.15, 0.2) is 18.2 Å². The minimum atomic E-state index is 0.776. The molecule has 3 heteroatoms. The number of thioether (sulfide) groups is 1. The summed E-state index contributed by atoms with van der Waals surface area (Å²) in [6.45, 7) is 5.74. The lowest BCUT2D eigenvalue weighted by Gasteiger charge is -2.07. The Kier molecular flexibility index (Phi) is 6.34. The van der Waals surface area contributed by atoms with E-state index in [-0.39, 0.29) is 0 Å². The second-order valence-electron chi connectivity index (χ2n) is 3.93. The highest BCUT2D eigenvalue weighted by atomic mass is 32.2. The third-order valence-electron chi connectivity index (χ3n) is 2.18. The fourth-order valence-electron chi connectivity index (χ4n) is 1.52. The fourth-order valence-corrected chi connectivity index (χ4v) is 2.30. The summed E-state index contributed by atoms with van der Waals surface area (Å²) in [5.41, 5.74) is 7.93. The molecular weight excluding hydrogens is 218 g/mol. The quantitative estimate of drug-likeness (QED) is 0.743. The van der Waals surface area contributed by atoms with Gasteiger partial charge < -0.3 is 10.5 Å². The van der Waals surface area contributed by atoms with Crippen LogP contribution in [0.1, 0.15) is 17.5 Å². The topological polar surface area (TPSA) is 35.2 Å². The number of hydrogen-bond acceptors (Lipinski definition) is 3. The van der Waals surface area contributed by atoms with Crippen molar-refractivity contribution in [1.29, 1.82) is 0 Å². The van der Waals surface area contributed by atoms with Gasteiger partial charge in [0.15, 0.2) is 0 Å². The maximum Gasteiger partial charge on any atom is 0.119 e. The standard InChI is InChI=1S/C13H21NOS/c1-11-8-12(2)10-13(9-11)15-5-7-16-6-3-4-14/h8-10H,3-7,14H2,1-2H3. The van der Waals surface area contributed by atoms with E-state index in [1.165, 1.54) is 11.1 Å². The van der Waals surface area contributed by atoms with Crippen LogP contribution in [0, 0.1) is 13.8 Å². The lowest BCUT2D eigenvalue weighted by atomic mass is 10.1. The van der Waals surface area contributed by atoms with Gasteiger partial charge >= 0.3 is 0 Å². The predicted molar refractivity (Wildman–Crippen MR) is 72.4 cm³/mol. The molecule has 0 heterocycles. The highest BCUT2D eigenvalue weighted by Gasteiger charge is 1.96. The fraction of sp³-hybridized carbons (Fsp3) is 0.538. The van der Waals surface area contributed by atoms with Crippen LogP contribution in [0.5, 0.6) is 5.75 Å². The molecule has 0 atom stereocenters. The Morgan fingerprint density at radius 1 is 1.12 bits per heavy atom. The van der Waals surface area contributed by atoms with E-state index in [0.717, 1.165) is 36.8 Å². The van der Waals surface area contributed by atoms with Gasteiger partial charge in [0, 0.05) is 5.75 Å². The maximum absolute atomic E-state index is 5.70. The SMILES string of the molecule is Cc1cc(C)cc(OCCSCCCN)c1. The molecule has 1 aromatic carbocycles. The van der Waals surface area contributed by atoms with Gasteiger partial charge in [0.1, 0.15) is 5.75 Å². The molecule has 0 spiro atoms. The molecule has 0 fully saturated rings. The zero-order valence-corrected chi connectivity index (χ0v) is 11.0. The molecule has 1 rings (SSSR count). The van der Waals surface area contributed by atoms with Crippen molar-refractivity contribution in [3.8, 4) is 5.75 Å². The Morgan fingerprint density at radius 2 is 1.81 bits per heavy atom. The van der Waals surface area contributed by atoms with Gasteiger partial charge in [-0.05, 0) is 55.8 Å². The monoisotopic (exact) mass is 239 g/mol. The first-order valence-electron chi connectivity index (χ1n) is 5.71. The molecule has 90 valence electrons. The minimum Gasteiger partial charge on any atom is -0.493 e. The van der Waals surface area contributed by atoms with Crippen LogP contribution in [-0.4, -0.2) is 24.7 Å². The highest BCUT2D eigenvalue weighted by Crippen LogP contribution is 2.16. The van der Waals surface area contributed by atoms with Crippen LogP contribution >= 0.6 is 11.8 Å². The third-order valence-corrected chi connectivity index (χ3v) is 3.22. The summed E-state index contributed by atoms with van der Waals surface area (Å²) in [6.07, 6.45) is 1.09. The molecule has 2 N–H and O–H groups in total. The van der Waals surface area contributed by atoms with Crippen LogP contribution in [-0.2, 0) is 0 Å². The molecule has 0 radical (unpaired) electrons. The zero-order chi connectivity index (χ0) is 11.8. The average Bonchev–Trinajstić information content (AvgIpc) is 2.22. The minimum absolute atomic E-state index is 0.776. The summed E-state index contributed by atoms with van der Waals surface area (Å²) in [5, 5.41) is 0. The Morgan fingerprint density at radius 3 is 2.44 bits per heavy atom. The molecule has 0 aliphatic rings. The van der Waals surface area contributed by atoms with E-state index in [4.69, 9.17) is 10.5 Å². The summed E-state index contributed by atoms with van der Waals surface area (Å²) in [4.78, 5) is 0. The van der Waals surface area contributed by atoms with Crippen molar-refractivity contribution < 1.29 is 4.74 Å². The zero-order valence-electron chi connectivity index (χ0n) is 10.2. The summed E-state index contributed by atoms with van der Waals surface area (Å²) >= 11 is 1.90. The molecule has 0 aromatic heterocycles. The lowest BCUT2D eigenvalue weighted by Crippen LogP contribution is -2.03. The van der Waals surface area contributed by atoms with E-state index in [1.54, 1.807) is 0 Å². The van der Waals surface area contributed by atoms with Crippen molar-refractivity contribution in [3.63, 3.8) is 0 Å². The molecule has 0 aliphatic heterocycles. The molecular formula is C13H21NOS. The van der Waals surface area contributed by atoms with Gasteiger partial charge in [-0.1, -0.05) is 6.07 Å². The van der Waals surface area contributed by atoms with Crippen LogP contribution in [0.2, 0.25) is 0 Å². The van der Waals surface area contributed by atoms with Gasteiger partial charge in [-0.2, -0.15) is 11.8 Å². The molecule has 16 heavy (non-hydrogen) atoms. The van der Waals surface area contributed by atoms with Crippen LogP contribution in [0.25, 0.3) is 0 Å². The maximum atomic E-state index is 5.70. The number of benzene rings is 1. The number of rotatable bonds is 7. The predicted octanol–water partition coefficient (Wildman–Crippen LogP) is 2.76. The van der Waals surface area contributed by atoms with Gasteiger partial charge in [0.25, 0.3) is 0 Å². The van der Waals surface area contributed by atoms with Crippen molar-refractivity contribution in [2.24, 2.45) is 5.73 Å². The van der Waals surface area contributed by atoms with Gasteiger partial charge in [0.05, 0.1) is 6.61 Å². The summed E-state index contributed by atoms with van der Waals surface area (Å²) in [7, 11) is 0. The lowest BCUT2D eigenvalue weighted by molar-refractivity contribution is 0.343.